The lowest BCUT2D eigenvalue weighted by Crippen LogP contribution is -2.53. The molecule has 122 valence electrons. The molecule has 3 fully saturated rings. The van der Waals surface area contributed by atoms with E-state index in [2.05, 4.69) is 25.8 Å². The van der Waals surface area contributed by atoms with Crippen molar-refractivity contribution in [2.75, 3.05) is 0 Å². The molecule has 0 aromatic heterocycles. The molecule has 4 rings (SSSR count). The summed E-state index contributed by atoms with van der Waals surface area (Å²) in [5.74, 6) is 5.59. The molecule has 7 atom stereocenters. The second kappa shape index (κ2) is 4.84. The topological polar surface area (TPSA) is 37.3 Å². The first-order valence-corrected chi connectivity index (χ1v) is 9.02. The maximum Gasteiger partial charge on any atom is 0.178 e. The number of aliphatic hydroxyl groups is 1. The fraction of sp³-hybridized carbons (Fsp3) is 0.667. The van der Waals surface area contributed by atoms with E-state index in [-0.39, 0.29) is 11.2 Å². The van der Waals surface area contributed by atoms with Crippen LogP contribution in [-0.2, 0) is 4.79 Å². The highest BCUT2D eigenvalue weighted by Gasteiger charge is 2.62. The SMILES string of the molecule is C#C[C@]1(O)CC[C@H]2[C@H]3[C@H](CC[C@@]21C)[C@H]1C=CC(=O)C=C1C[C@H]3C. The fourth-order valence-electron chi connectivity index (χ4n) is 6.49. The number of hydrogen-bond acceptors (Lipinski definition) is 2. The zero-order chi connectivity index (χ0) is 16.4. The van der Waals surface area contributed by atoms with E-state index in [0.29, 0.717) is 29.6 Å². The second-order valence-electron chi connectivity index (χ2n) is 8.54. The fourth-order valence-corrected chi connectivity index (χ4v) is 6.49. The Kier molecular flexibility index (Phi) is 3.20. The third kappa shape index (κ3) is 1.89. The van der Waals surface area contributed by atoms with Crippen LogP contribution < -0.4 is 0 Å². The largest absolute Gasteiger partial charge is 0.377 e. The summed E-state index contributed by atoms with van der Waals surface area (Å²) in [6, 6.07) is 0. The zero-order valence-corrected chi connectivity index (χ0v) is 14.1. The second-order valence-corrected chi connectivity index (χ2v) is 8.54. The number of fused-ring (bicyclic) bond motifs is 5. The Morgan fingerprint density at radius 1 is 1.35 bits per heavy atom. The van der Waals surface area contributed by atoms with Gasteiger partial charge in [-0.1, -0.05) is 31.4 Å². The Morgan fingerprint density at radius 3 is 2.87 bits per heavy atom. The number of ketones is 1. The van der Waals surface area contributed by atoms with Gasteiger partial charge in [0.15, 0.2) is 5.78 Å². The highest BCUT2D eigenvalue weighted by molar-refractivity contribution is 6.00. The molecule has 1 N–H and O–H groups in total. The van der Waals surface area contributed by atoms with Gasteiger partial charge < -0.3 is 5.11 Å². The maximum absolute atomic E-state index is 11.7. The molecule has 0 aromatic carbocycles. The molecular weight excluding hydrogens is 284 g/mol. The van der Waals surface area contributed by atoms with E-state index in [4.69, 9.17) is 6.42 Å². The van der Waals surface area contributed by atoms with Gasteiger partial charge in [0.2, 0.25) is 0 Å². The van der Waals surface area contributed by atoms with Crippen molar-refractivity contribution in [3.05, 3.63) is 23.8 Å². The molecule has 0 aromatic rings. The molecule has 4 aliphatic rings. The first-order valence-electron chi connectivity index (χ1n) is 9.02. The smallest absolute Gasteiger partial charge is 0.178 e. The minimum absolute atomic E-state index is 0.144. The van der Waals surface area contributed by atoms with Crippen molar-refractivity contribution in [2.24, 2.45) is 35.0 Å². The molecule has 2 nitrogen and oxygen atoms in total. The summed E-state index contributed by atoms with van der Waals surface area (Å²) in [6.07, 6.45) is 16.4. The molecule has 0 radical (unpaired) electrons. The van der Waals surface area contributed by atoms with Crippen LogP contribution in [0.1, 0.15) is 46.0 Å². The van der Waals surface area contributed by atoms with Crippen LogP contribution in [0.4, 0.5) is 0 Å². The number of carbonyl (C=O) groups excluding carboxylic acids is 1. The molecule has 2 heteroatoms. The van der Waals surface area contributed by atoms with Gasteiger partial charge in [-0.3, -0.25) is 4.79 Å². The van der Waals surface area contributed by atoms with Crippen molar-refractivity contribution in [1.82, 2.24) is 0 Å². The standard InChI is InChI=1S/C21H26O2/c1-4-21(23)10-8-18-19-13(2)11-14-12-15(22)5-6-16(14)17(19)7-9-20(18,21)3/h1,5-6,12-13,16-19,23H,7-11H2,2-3H3/t13-,16+,17-,18+,19-,20+,21+/m1/s1. The molecule has 4 aliphatic carbocycles. The van der Waals surface area contributed by atoms with Crippen molar-refractivity contribution in [1.29, 1.82) is 0 Å². The van der Waals surface area contributed by atoms with Gasteiger partial charge in [0, 0.05) is 11.3 Å². The molecule has 0 amide bonds. The number of rotatable bonds is 0. The van der Waals surface area contributed by atoms with Crippen LogP contribution in [0.2, 0.25) is 0 Å². The van der Waals surface area contributed by atoms with Crippen LogP contribution in [0.25, 0.3) is 0 Å². The summed E-state index contributed by atoms with van der Waals surface area (Å²) in [5.41, 5.74) is 0.253. The van der Waals surface area contributed by atoms with Crippen molar-refractivity contribution in [2.45, 2.75) is 51.6 Å². The van der Waals surface area contributed by atoms with Gasteiger partial charge in [0.05, 0.1) is 0 Å². The minimum atomic E-state index is -0.934. The van der Waals surface area contributed by atoms with Gasteiger partial charge in [0.25, 0.3) is 0 Å². The van der Waals surface area contributed by atoms with E-state index in [1.165, 1.54) is 5.57 Å². The van der Waals surface area contributed by atoms with E-state index in [9.17, 15) is 9.90 Å². The van der Waals surface area contributed by atoms with E-state index in [1.54, 1.807) is 6.08 Å². The van der Waals surface area contributed by atoms with Crippen molar-refractivity contribution < 1.29 is 9.90 Å². The van der Waals surface area contributed by atoms with E-state index >= 15 is 0 Å². The molecule has 0 bridgehead atoms. The van der Waals surface area contributed by atoms with Gasteiger partial charge in [-0.15, -0.1) is 6.42 Å². The van der Waals surface area contributed by atoms with E-state index < -0.39 is 5.60 Å². The zero-order valence-electron chi connectivity index (χ0n) is 14.1. The summed E-state index contributed by atoms with van der Waals surface area (Å²) < 4.78 is 0. The van der Waals surface area contributed by atoms with Crippen LogP contribution >= 0.6 is 0 Å². The quantitative estimate of drug-likeness (QED) is 0.695. The molecule has 23 heavy (non-hydrogen) atoms. The number of hydrogen-bond donors (Lipinski definition) is 1. The Bertz CT molecular complexity index is 651. The monoisotopic (exact) mass is 310 g/mol. The van der Waals surface area contributed by atoms with Crippen molar-refractivity contribution in [3.63, 3.8) is 0 Å². The average molecular weight is 310 g/mol. The molecular formula is C21H26O2. The average Bonchev–Trinajstić information content (AvgIpc) is 2.79. The third-order valence-electron chi connectivity index (χ3n) is 7.67. The predicted octanol–water partition coefficient (Wildman–Crippen LogP) is 3.51. The summed E-state index contributed by atoms with van der Waals surface area (Å²) in [4.78, 5) is 11.7. The normalized spacial score (nSPS) is 51.3. The van der Waals surface area contributed by atoms with Gasteiger partial charge in [0.1, 0.15) is 5.60 Å². The Balaban J connectivity index is 1.71. The lowest BCUT2D eigenvalue weighted by molar-refractivity contribution is -0.111. The highest BCUT2D eigenvalue weighted by Crippen LogP contribution is 2.65. The summed E-state index contributed by atoms with van der Waals surface area (Å²) >= 11 is 0. The van der Waals surface area contributed by atoms with Gasteiger partial charge in [-0.05, 0) is 67.9 Å². The molecule has 0 saturated heterocycles. The predicted molar refractivity (Wildman–Crippen MR) is 90.3 cm³/mol. The van der Waals surface area contributed by atoms with Crippen molar-refractivity contribution in [3.8, 4) is 12.3 Å². The van der Waals surface area contributed by atoms with Crippen LogP contribution in [0.3, 0.4) is 0 Å². The Labute approximate surface area is 139 Å². The lowest BCUT2D eigenvalue weighted by atomic mass is 9.49. The van der Waals surface area contributed by atoms with Gasteiger partial charge >= 0.3 is 0 Å². The maximum atomic E-state index is 11.7. The highest BCUT2D eigenvalue weighted by atomic mass is 16.3. The van der Waals surface area contributed by atoms with E-state index in [0.717, 1.165) is 32.1 Å². The first kappa shape index (κ1) is 15.2. The number of carbonyl (C=O) groups is 1. The molecule has 0 heterocycles. The molecule has 0 unspecified atom stereocenters. The van der Waals surface area contributed by atoms with Crippen LogP contribution in [0.15, 0.2) is 23.8 Å². The summed E-state index contributed by atoms with van der Waals surface area (Å²) in [6.45, 7) is 4.55. The lowest BCUT2D eigenvalue weighted by Gasteiger charge is -2.56. The van der Waals surface area contributed by atoms with Crippen LogP contribution in [-0.4, -0.2) is 16.5 Å². The third-order valence-corrected chi connectivity index (χ3v) is 7.67. The van der Waals surface area contributed by atoms with E-state index in [1.807, 2.05) is 6.08 Å². The van der Waals surface area contributed by atoms with Crippen LogP contribution in [0.5, 0.6) is 0 Å². The van der Waals surface area contributed by atoms with Gasteiger partial charge in [-0.2, -0.15) is 0 Å². The summed E-state index contributed by atoms with van der Waals surface area (Å²) in [5, 5.41) is 11.0. The Hall–Kier alpha value is -1.33. The molecule has 0 spiro atoms. The number of allylic oxidation sites excluding steroid dienone is 4. The minimum Gasteiger partial charge on any atom is -0.377 e. The number of terminal acetylenes is 1. The molecule has 0 aliphatic heterocycles. The molecule has 3 saturated carbocycles. The van der Waals surface area contributed by atoms with Crippen LogP contribution in [0, 0.1) is 47.3 Å². The van der Waals surface area contributed by atoms with Gasteiger partial charge in [-0.25, -0.2) is 0 Å². The Morgan fingerprint density at radius 2 is 2.13 bits per heavy atom. The first-order chi connectivity index (χ1) is 10.9. The summed E-state index contributed by atoms with van der Waals surface area (Å²) in [7, 11) is 0. The van der Waals surface area contributed by atoms with Crippen molar-refractivity contribution >= 4 is 5.78 Å².